The molecule has 40 heavy (non-hydrogen) atoms. The van der Waals surface area contributed by atoms with E-state index in [1.807, 2.05) is 0 Å². The van der Waals surface area contributed by atoms with Crippen molar-refractivity contribution in [1.82, 2.24) is 10.6 Å². The maximum atomic E-state index is 12.6. The van der Waals surface area contributed by atoms with Crippen molar-refractivity contribution in [2.45, 2.75) is 49.1 Å². The number of methoxy groups -OCH3 is 2. The Morgan fingerprint density at radius 2 is 1.23 bits per heavy atom. The van der Waals surface area contributed by atoms with Gasteiger partial charge in [-0.2, -0.15) is 0 Å². The molecule has 4 atom stereocenters. The van der Waals surface area contributed by atoms with Crippen LogP contribution in [0, 0.1) is 0 Å². The van der Waals surface area contributed by atoms with Crippen molar-refractivity contribution in [3.8, 4) is 0 Å². The number of aliphatic hydroxyl groups is 2. The fourth-order valence-corrected chi connectivity index (χ4v) is 8.08. The summed E-state index contributed by atoms with van der Waals surface area (Å²) in [6, 6.07) is 0. The molecule has 4 aliphatic rings. The number of oxime groups is 2. The zero-order valence-corrected chi connectivity index (χ0v) is 27.6. The highest BCUT2D eigenvalue weighted by atomic mass is 79.9. The largest absolute Gasteiger partial charge is 0.495 e. The van der Waals surface area contributed by atoms with Crippen molar-refractivity contribution in [2.75, 3.05) is 27.3 Å². The van der Waals surface area contributed by atoms with Crippen molar-refractivity contribution in [3.63, 3.8) is 0 Å². The van der Waals surface area contributed by atoms with Crippen LogP contribution in [0.2, 0.25) is 0 Å². The lowest BCUT2D eigenvalue weighted by atomic mass is 9.87. The van der Waals surface area contributed by atoms with Crippen LogP contribution in [0.15, 0.2) is 51.9 Å². The van der Waals surface area contributed by atoms with E-state index < -0.39 is 35.2 Å². The first-order valence-electron chi connectivity index (χ1n) is 12.1. The second-order valence-electron chi connectivity index (χ2n) is 9.29. The Morgan fingerprint density at radius 3 is 1.57 bits per heavy atom. The Hall–Kier alpha value is -1.72. The molecule has 218 valence electrons. The van der Waals surface area contributed by atoms with Gasteiger partial charge < -0.3 is 40.0 Å². The molecule has 2 heterocycles. The van der Waals surface area contributed by atoms with Gasteiger partial charge in [0.05, 0.1) is 32.1 Å². The number of ether oxygens (including phenoxy) is 2. The van der Waals surface area contributed by atoms with Crippen molar-refractivity contribution >= 4 is 87.0 Å². The van der Waals surface area contributed by atoms with Crippen LogP contribution < -0.4 is 10.6 Å². The molecule has 2 amide bonds. The molecule has 0 aromatic carbocycles. The lowest BCUT2D eigenvalue weighted by Crippen LogP contribution is -2.45. The fourth-order valence-electron chi connectivity index (χ4n) is 4.50. The normalized spacial score (nSPS) is 29.4. The first kappa shape index (κ1) is 31.2. The van der Waals surface area contributed by atoms with Crippen LogP contribution in [0.25, 0.3) is 0 Å². The Morgan fingerprint density at radius 1 is 0.850 bits per heavy atom. The van der Waals surface area contributed by atoms with Gasteiger partial charge in [0.25, 0.3) is 11.8 Å². The van der Waals surface area contributed by atoms with E-state index in [2.05, 4.69) is 84.7 Å². The third kappa shape index (κ3) is 5.93. The van der Waals surface area contributed by atoms with E-state index in [1.54, 1.807) is 12.2 Å². The Balaban J connectivity index is 1.17. The summed E-state index contributed by atoms with van der Waals surface area (Å²) in [6.07, 6.45) is 2.37. The number of halogens is 4. The molecule has 0 fully saturated rings. The van der Waals surface area contributed by atoms with Crippen molar-refractivity contribution in [1.29, 1.82) is 0 Å². The average molecular weight is 818 g/mol. The molecule has 0 saturated heterocycles. The van der Waals surface area contributed by atoms with Crippen molar-refractivity contribution in [3.05, 3.63) is 41.6 Å². The predicted octanol–water partition coefficient (Wildman–Crippen LogP) is 2.84. The predicted molar refractivity (Wildman–Crippen MR) is 159 cm³/mol. The van der Waals surface area contributed by atoms with E-state index in [4.69, 9.17) is 19.1 Å². The van der Waals surface area contributed by atoms with Gasteiger partial charge in [0.15, 0.2) is 11.2 Å². The standard InChI is InChI=1S/C24H26Br4N4O8/c1-37-17-11(25)7-23(19(33)15(17)27)9-13(31-39-23)21(35)29-5-3-4-6-30-22(36)14-10-24(40-32-14)8-12(26)18(38-2)16(28)20(24)34/h7-8,19-20,33-34H,3-6,9-10H2,1-2H3,(H,29,35)(H,30,36)/t19-,20-,23+,24+/m0/s1. The molecular formula is C24H26Br4N4O8. The summed E-state index contributed by atoms with van der Waals surface area (Å²) < 4.78 is 12.4. The molecule has 2 spiro atoms. The maximum absolute atomic E-state index is 12.6. The van der Waals surface area contributed by atoms with E-state index >= 15 is 0 Å². The first-order chi connectivity index (χ1) is 19.0. The van der Waals surface area contributed by atoms with Crippen LogP contribution in [0.1, 0.15) is 25.7 Å². The SMILES string of the molecule is COC1=C(Br)[C@H](O)[C@@]2(C=C1Br)CC(C(=O)NCCCCNC(=O)C1=NO[C@]3(C=C(Br)C(OC)=C(Br)[C@@H]3O)C1)=NO2. The Bertz CT molecular complexity index is 1180. The minimum absolute atomic E-state index is 0.0720. The summed E-state index contributed by atoms with van der Waals surface area (Å²) in [5, 5.41) is 34.8. The van der Waals surface area contributed by atoms with Crippen molar-refractivity contribution in [2.24, 2.45) is 10.3 Å². The Labute approximate surface area is 263 Å². The molecule has 4 N–H and O–H groups in total. The summed E-state index contributed by atoms with van der Waals surface area (Å²) in [5.41, 5.74) is -2.13. The monoisotopic (exact) mass is 814 g/mol. The number of aliphatic hydroxyl groups excluding tert-OH is 2. The molecule has 0 radical (unpaired) electrons. The molecule has 0 aromatic rings. The molecule has 0 saturated carbocycles. The number of carbonyl (C=O) groups is 2. The van der Waals surface area contributed by atoms with Gasteiger partial charge in [-0.1, -0.05) is 10.3 Å². The molecular weight excluding hydrogens is 792 g/mol. The third-order valence-electron chi connectivity index (χ3n) is 6.66. The summed E-state index contributed by atoms with van der Waals surface area (Å²) in [6.45, 7) is 0.696. The van der Waals surface area contributed by atoms with Gasteiger partial charge in [0.2, 0.25) is 0 Å². The molecule has 12 nitrogen and oxygen atoms in total. The highest BCUT2D eigenvalue weighted by molar-refractivity contribution is 9.12. The minimum Gasteiger partial charge on any atom is -0.495 e. The van der Waals surface area contributed by atoms with Gasteiger partial charge in [-0.25, -0.2) is 0 Å². The van der Waals surface area contributed by atoms with Crippen LogP contribution in [0.4, 0.5) is 0 Å². The van der Waals surface area contributed by atoms with Crippen LogP contribution in [-0.2, 0) is 28.7 Å². The quantitative estimate of drug-likeness (QED) is 0.259. The van der Waals surface area contributed by atoms with Gasteiger partial charge >= 0.3 is 0 Å². The molecule has 4 rings (SSSR count). The molecule has 0 unspecified atom stereocenters. The fraction of sp³-hybridized carbons (Fsp3) is 0.500. The van der Waals surface area contributed by atoms with Crippen LogP contribution in [0.5, 0.6) is 0 Å². The highest BCUT2D eigenvalue weighted by Gasteiger charge is 2.51. The van der Waals surface area contributed by atoms with E-state index in [9.17, 15) is 19.8 Å². The third-order valence-corrected chi connectivity index (χ3v) is 9.43. The number of nitrogens with zero attached hydrogens (tertiary/aromatic N) is 2. The number of nitrogens with one attached hydrogen (secondary N) is 2. The molecule has 2 aliphatic heterocycles. The topological polar surface area (TPSA) is 160 Å². The van der Waals surface area contributed by atoms with Gasteiger partial charge in [-0.15, -0.1) is 0 Å². The van der Waals surface area contributed by atoms with Crippen LogP contribution in [0.3, 0.4) is 0 Å². The number of rotatable bonds is 9. The zero-order valence-electron chi connectivity index (χ0n) is 21.3. The van der Waals surface area contributed by atoms with Gasteiger partial charge in [0.1, 0.15) is 35.1 Å². The zero-order chi connectivity index (χ0) is 29.2. The van der Waals surface area contributed by atoms with Gasteiger partial charge in [-0.3, -0.25) is 9.59 Å². The molecule has 0 aromatic heterocycles. The maximum Gasteiger partial charge on any atom is 0.269 e. The highest BCUT2D eigenvalue weighted by Crippen LogP contribution is 2.45. The van der Waals surface area contributed by atoms with E-state index in [0.29, 0.717) is 55.4 Å². The van der Waals surface area contributed by atoms with Gasteiger partial charge in [-0.05, 0) is 88.7 Å². The van der Waals surface area contributed by atoms with Crippen LogP contribution in [-0.4, -0.2) is 84.2 Å². The smallest absolute Gasteiger partial charge is 0.269 e. The average Bonchev–Trinajstić information content (AvgIpc) is 3.54. The van der Waals surface area contributed by atoms with Crippen molar-refractivity contribution < 1.29 is 39.0 Å². The minimum atomic E-state index is -1.22. The number of unbranched alkanes of at least 4 members (excludes halogenated alkanes) is 1. The Kier molecular flexibility index (Phi) is 9.87. The van der Waals surface area contributed by atoms with Crippen LogP contribution >= 0.6 is 63.7 Å². The van der Waals surface area contributed by atoms with E-state index in [0.717, 1.165) is 0 Å². The summed E-state index contributed by atoms with van der Waals surface area (Å²) in [5.74, 6) is 0.0579. The molecule has 0 bridgehead atoms. The van der Waals surface area contributed by atoms with E-state index in [1.165, 1.54) is 14.2 Å². The van der Waals surface area contributed by atoms with Gasteiger partial charge in [0, 0.05) is 25.9 Å². The first-order valence-corrected chi connectivity index (χ1v) is 15.2. The molecule has 16 heteroatoms. The second-order valence-corrected chi connectivity index (χ2v) is 12.7. The second kappa shape index (κ2) is 12.7. The number of allylic oxidation sites excluding steroid dienone is 2. The number of carbonyl (C=O) groups excluding carboxylic acids is 2. The number of hydrogen-bond acceptors (Lipinski definition) is 10. The number of hydrogen-bond donors (Lipinski definition) is 4. The lowest BCUT2D eigenvalue weighted by molar-refractivity contribution is -0.115. The summed E-state index contributed by atoms with van der Waals surface area (Å²) >= 11 is 13.4. The summed E-state index contributed by atoms with van der Waals surface area (Å²) in [7, 11) is 2.96. The number of amides is 2. The lowest BCUT2D eigenvalue weighted by Gasteiger charge is -2.33. The summed E-state index contributed by atoms with van der Waals surface area (Å²) in [4.78, 5) is 36.2. The molecule has 2 aliphatic carbocycles. The van der Waals surface area contributed by atoms with E-state index in [-0.39, 0.29) is 24.3 Å².